The van der Waals surface area contributed by atoms with Crippen LogP contribution in [-0.4, -0.2) is 14.6 Å². The summed E-state index contributed by atoms with van der Waals surface area (Å²) in [5, 5.41) is 7.93. The topological polar surface area (TPSA) is 55.4 Å². The molecule has 3 aromatic rings. The van der Waals surface area contributed by atoms with Crippen LogP contribution in [0.4, 0.5) is 5.82 Å². The lowest BCUT2D eigenvalue weighted by molar-refractivity contribution is 0.562. The third-order valence-electron chi connectivity index (χ3n) is 3.20. The molecule has 5 heteroatoms. The van der Waals surface area contributed by atoms with Gasteiger partial charge in [0, 0.05) is 29.9 Å². The zero-order chi connectivity index (χ0) is 14.2. The maximum absolute atomic E-state index is 5.06. The van der Waals surface area contributed by atoms with E-state index in [0.29, 0.717) is 6.54 Å². The molecule has 0 amide bonds. The van der Waals surface area contributed by atoms with Gasteiger partial charge in [0.15, 0.2) is 5.82 Å². The second-order valence-corrected chi connectivity index (χ2v) is 5.87. The van der Waals surface area contributed by atoms with Crippen molar-refractivity contribution in [2.45, 2.75) is 32.7 Å². The van der Waals surface area contributed by atoms with Crippen molar-refractivity contribution in [1.29, 1.82) is 0 Å². The molecule has 3 rings (SSSR count). The minimum absolute atomic E-state index is 0.0217. The Bertz CT molecular complexity index is 707. The molecule has 0 atom stereocenters. The molecule has 3 heterocycles. The van der Waals surface area contributed by atoms with Crippen LogP contribution in [0.1, 0.15) is 32.0 Å². The molecule has 0 saturated carbocycles. The van der Waals surface area contributed by atoms with Crippen molar-refractivity contribution in [3.05, 3.63) is 48.3 Å². The average molecular weight is 270 g/mol. The van der Waals surface area contributed by atoms with Crippen LogP contribution in [0.25, 0.3) is 5.52 Å². The molecule has 1 N–H and O–H groups in total. The predicted octanol–water partition coefficient (Wildman–Crippen LogP) is 3.23. The van der Waals surface area contributed by atoms with E-state index in [1.54, 1.807) is 18.7 Å². The van der Waals surface area contributed by atoms with Gasteiger partial charge >= 0.3 is 0 Å². The fraction of sp³-hybridized carbons (Fsp3) is 0.333. The number of furan rings is 1. The SMILES string of the molecule is CC(C)(C)c1cc2c(NCc3ccoc3)nccn2n1. The Kier molecular flexibility index (Phi) is 2.97. The van der Waals surface area contributed by atoms with E-state index in [-0.39, 0.29) is 5.41 Å². The Balaban J connectivity index is 1.92. The minimum atomic E-state index is 0.0217. The van der Waals surface area contributed by atoms with Crippen molar-refractivity contribution < 1.29 is 4.42 Å². The number of aromatic nitrogens is 3. The molecular formula is C15H18N4O. The first-order chi connectivity index (χ1) is 9.54. The Morgan fingerprint density at radius 3 is 2.90 bits per heavy atom. The molecule has 0 aliphatic heterocycles. The van der Waals surface area contributed by atoms with Gasteiger partial charge in [-0.2, -0.15) is 5.10 Å². The maximum atomic E-state index is 5.06. The number of fused-ring (bicyclic) bond motifs is 1. The summed E-state index contributed by atoms with van der Waals surface area (Å²) in [4.78, 5) is 4.40. The highest BCUT2D eigenvalue weighted by Gasteiger charge is 2.18. The van der Waals surface area contributed by atoms with Crippen molar-refractivity contribution in [3.8, 4) is 0 Å². The maximum Gasteiger partial charge on any atom is 0.152 e. The number of hydrogen-bond donors (Lipinski definition) is 1. The van der Waals surface area contributed by atoms with Gasteiger partial charge in [-0.15, -0.1) is 0 Å². The van der Waals surface area contributed by atoms with Gasteiger partial charge in [0.1, 0.15) is 5.52 Å². The van der Waals surface area contributed by atoms with Gasteiger partial charge in [0.2, 0.25) is 0 Å². The van der Waals surface area contributed by atoms with Crippen molar-refractivity contribution in [1.82, 2.24) is 14.6 Å². The van der Waals surface area contributed by atoms with Crippen LogP contribution in [-0.2, 0) is 12.0 Å². The van der Waals surface area contributed by atoms with Crippen LogP contribution >= 0.6 is 0 Å². The Morgan fingerprint density at radius 1 is 1.35 bits per heavy atom. The van der Waals surface area contributed by atoms with Crippen LogP contribution < -0.4 is 5.32 Å². The zero-order valence-corrected chi connectivity index (χ0v) is 11.9. The van der Waals surface area contributed by atoms with Gasteiger partial charge in [-0.25, -0.2) is 9.50 Å². The number of rotatable bonds is 3. The first kappa shape index (κ1) is 12.7. The standard InChI is InChI=1S/C15H18N4O/c1-15(2,3)13-8-12-14(16-5-6-19(12)18-13)17-9-11-4-7-20-10-11/h4-8,10H,9H2,1-3H3,(H,16,17). The quantitative estimate of drug-likeness (QED) is 0.794. The largest absolute Gasteiger partial charge is 0.472 e. The summed E-state index contributed by atoms with van der Waals surface area (Å²) in [6.07, 6.45) is 7.02. The van der Waals surface area contributed by atoms with Crippen LogP contribution in [0.15, 0.2) is 41.5 Å². The molecule has 0 aromatic carbocycles. The highest BCUT2D eigenvalue weighted by atomic mass is 16.3. The smallest absolute Gasteiger partial charge is 0.152 e. The van der Waals surface area contributed by atoms with Gasteiger partial charge in [0.25, 0.3) is 0 Å². The Morgan fingerprint density at radius 2 is 2.20 bits per heavy atom. The lowest BCUT2D eigenvalue weighted by Gasteiger charge is -2.13. The monoisotopic (exact) mass is 270 g/mol. The lowest BCUT2D eigenvalue weighted by Crippen LogP contribution is -2.11. The summed E-state index contributed by atoms with van der Waals surface area (Å²) in [5.74, 6) is 0.830. The van der Waals surface area contributed by atoms with Crippen molar-refractivity contribution in [2.24, 2.45) is 0 Å². The number of anilines is 1. The van der Waals surface area contributed by atoms with E-state index in [0.717, 1.165) is 22.6 Å². The van der Waals surface area contributed by atoms with Crippen molar-refractivity contribution in [3.63, 3.8) is 0 Å². The summed E-state index contributed by atoms with van der Waals surface area (Å²) >= 11 is 0. The van der Waals surface area contributed by atoms with E-state index < -0.39 is 0 Å². The summed E-state index contributed by atoms with van der Waals surface area (Å²) in [7, 11) is 0. The number of nitrogens with zero attached hydrogens (tertiary/aromatic N) is 3. The predicted molar refractivity (Wildman–Crippen MR) is 77.7 cm³/mol. The van der Waals surface area contributed by atoms with Crippen LogP contribution in [0.3, 0.4) is 0 Å². The van der Waals surface area contributed by atoms with Gasteiger partial charge in [-0.3, -0.25) is 0 Å². The molecule has 0 bridgehead atoms. The summed E-state index contributed by atoms with van der Waals surface area (Å²) < 4.78 is 6.93. The molecule has 104 valence electrons. The van der Waals surface area contributed by atoms with E-state index in [9.17, 15) is 0 Å². The lowest BCUT2D eigenvalue weighted by atomic mass is 9.92. The second-order valence-electron chi connectivity index (χ2n) is 5.87. The Hall–Kier alpha value is -2.30. The van der Waals surface area contributed by atoms with Crippen LogP contribution in [0.2, 0.25) is 0 Å². The second kappa shape index (κ2) is 4.67. The van der Waals surface area contributed by atoms with Gasteiger partial charge < -0.3 is 9.73 Å². The average Bonchev–Trinajstić information content (AvgIpc) is 3.04. The van der Waals surface area contributed by atoms with Gasteiger partial charge in [-0.05, 0) is 12.1 Å². The van der Waals surface area contributed by atoms with Crippen LogP contribution in [0, 0.1) is 0 Å². The fourth-order valence-corrected chi connectivity index (χ4v) is 2.00. The van der Waals surface area contributed by atoms with Crippen LogP contribution in [0.5, 0.6) is 0 Å². The third-order valence-corrected chi connectivity index (χ3v) is 3.20. The van der Waals surface area contributed by atoms with Gasteiger partial charge in [0.05, 0.1) is 18.2 Å². The molecule has 5 nitrogen and oxygen atoms in total. The molecule has 0 spiro atoms. The van der Waals surface area contributed by atoms with Crippen molar-refractivity contribution in [2.75, 3.05) is 5.32 Å². The van der Waals surface area contributed by atoms with E-state index >= 15 is 0 Å². The summed E-state index contributed by atoms with van der Waals surface area (Å²) in [5.41, 5.74) is 3.15. The van der Waals surface area contributed by atoms with Crippen molar-refractivity contribution >= 4 is 11.3 Å². The molecule has 20 heavy (non-hydrogen) atoms. The highest BCUT2D eigenvalue weighted by Crippen LogP contribution is 2.24. The zero-order valence-electron chi connectivity index (χ0n) is 11.9. The Labute approximate surface area is 117 Å². The molecule has 0 aliphatic rings. The van der Waals surface area contributed by atoms with E-state index in [4.69, 9.17) is 4.42 Å². The normalized spacial score (nSPS) is 11.9. The summed E-state index contributed by atoms with van der Waals surface area (Å²) in [6.45, 7) is 7.14. The van der Waals surface area contributed by atoms with E-state index in [1.807, 2.05) is 16.8 Å². The van der Waals surface area contributed by atoms with E-state index in [1.165, 1.54) is 0 Å². The molecule has 0 fully saturated rings. The molecule has 0 radical (unpaired) electrons. The number of nitrogens with one attached hydrogen (secondary N) is 1. The molecular weight excluding hydrogens is 252 g/mol. The molecule has 0 unspecified atom stereocenters. The third kappa shape index (κ3) is 2.39. The van der Waals surface area contributed by atoms with Gasteiger partial charge in [-0.1, -0.05) is 20.8 Å². The molecule has 0 aliphatic carbocycles. The first-order valence-electron chi connectivity index (χ1n) is 6.64. The molecule has 0 saturated heterocycles. The summed E-state index contributed by atoms with van der Waals surface area (Å²) in [6, 6.07) is 4.02. The minimum Gasteiger partial charge on any atom is -0.472 e. The highest BCUT2D eigenvalue weighted by molar-refractivity contribution is 5.68. The number of hydrogen-bond acceptors (Lipinski definition) is 4. The van der Waals surface area contributed by atoms with E-state index in [2.05, 4.69) is 42.2 Å². The molecule has 3 aromatic heterocycles. The first-order valence-corrected chi connectivity index (χ1v) is 6.64. The fourth-order valence-electron chi connectivity index (χ4n) is 2.00.